The molecule has 0 unspecified atom stereocenters. The summed E-state index contributed by atoms with van der Waals surface area (Å²) in [5.74, 6) is 1.89. The van der Waals surface area contributed by atoms with Gasteiger partial charge in [-0.25, -0.2) is 14.6 Å². The van der Waals surface area contributed by atoms with E-state index in [0.29, 0.717) is 11.7 Å². The summed E-state index contributed by atoms with van der Waals surface area (Å²) < 4.78 is 7.52. The quantitative estimate of drug-likeness (QED) is 0.506. The second-order valence-corrected chi connectivity index (χ2v) is 7.24. The van der Waals surface area contributed by atoms with Gasteiger partial charge in [-0.15, -0.1) is 0 Å². The molecule has 1 fully saturated rings. The van der Waals surface area contributed by atoms with Crippen LogP contribution < -0.4 is 4.74 Å². The first kappa shape index (κ1) is 16.7. The van der Waals surface area contributed by atoms with E-state index >= 15 is 0 Å². The molecule has 0 spiro atoms. The van der Waals surface area contributed by atoms with Gasteiger partial charge >= 0.3 is 0 Å². The minimum absolute atomic E-state index is 0.167. The van der Waals surface area contributed by atoms with Gasteiger partial charge < -0.3 is 4.74 Å². The molecule has 1 saturated carbocycles. The number of aromatic nitrogens is 4. The molecule has 4 aromatic rings. The van der Waals surface area contributed by atoms with Crippen LogP contribution in [0.4, 0.5) is 0 Å². The Morgan fingerprint density at radius 3 is 2.07 bits per heavy atom. The summed E-state index contributed by atoms with van der Waals surface area (Å²) in [5.41, 5.74) is 4.20. The molecule has 1 aliphatic rings. The topological polar surface area (TPSA) is 52.8 Å². The van der Waals surface area contributed by atoms with E-state index in [4.69, 9.17) is 4.74 Å². The molecule has 0 bridgehead atoms. The van der Waals surface area contributed by atoms with Gasteiger partial charge in [-0.3, -0.25) is 0 Å². The molecule has 138 valence electrons. The Kier molecular flexibility index (Phi) is 3.93. The summed E-state index contributed by atoms with van der Waals surface area (Å²) in [7, 11) is 0. The highest BCUT2D eigenvalue weighted by Gasteiger charge is 2.45. The number of benzene rings is 2. The van der Waals surface area contributed by atoms with Crippen LogP contribution in [0.2, 0.25) is 0 Å². The third-order valence-electron chi connectivity index (χ3n) is 5.32. The van der Waals surface area contributed by atoms with E-state index in [0.717, 1.165) is 5.75 Å². The molecule has 0 aliphatic heterocycles. The lowest BCUT2D eigenvalue weighted by atomic mass is 9.88. The molecule has 2 heterocycles. The third-order valence-corrected chi connectivity index (χ3v) is 5.32. The molecule has 0 N–H and O–H groups in total. The van der Waals surface area contributed by atoms with Gasteiger partial charge in [-0.1, -0.05) is 42.0 Å². The predicted octanol–water partition coefficient (Wildman–Crippen LogP) is 4.84. The first-order chi connectivity index (χ1) is 13.7. The standard InChI is InChI=1S/C23H20N4O/c1-17-3-5-18(6-4-17)23(11-12-23)19-7-9-20(10-8-19)28-21-15-24-22(25-16-21)27-14-2-13-26-27/h2-10,13-16H,11-12H2,1H3. The maximum absolute atomic E-state index is 5.91. The van der Waals surface area contributed by atoms with Gasteiger partial charge in [0.05, 0.1) is 12.4 Å². The summed E-state index contributed by atoms with van der Waals surface area (Å²) in [6.07, 6.45) is 9.20. The first-order valence-electron chi connectivity index (χ1n) is 9.41. The highest BCUT2D eigenvalue weighted by molar-refractivity contribution is 5.47. The summed E-state index contributed by atoms with van der Waals surface area (Å²) in [5, 5.41) is 4.12. The molecule has 1 aliphatic carbocycles. The van der Waals surface area contributed by atoms with Gasteiger partial charge in [0, 0.05) is 17.8 Å². The second-order valence-electron chi connectivity index (χ2n) is 7.24. The Balaban J connectivity index is 1.32. The van der Waals surface area contributed by atoms with E-state index in [-0.39, 0.29) is 5.41 Å². The van der Waals surface area contributed by atoms with Crippen LogP contribution in [0.1, 0.15) is 29.5 Å². The molecule has 2 aromatic carbocycles. The molecule has 5 rings (SSSR count). The number of rotatable bonds is 5. The zero-order chi connectivity index (χ0) is 19.0. The molecular weight excluding hydrogens is 348 g/mol. The van der Waals surface area contributed by atoms with Crippen molar-refractivity contribution < 1.29 is 4.74 Å². The molecule has 5 heteroatoms. The van der Waals surface area contributed by atoms with Crippen LogP contribution in [0.3, 0.4) is 0 Å². The number of aryl methyl sites for hydroxylation is 1. The molecular formula is C23H20N4O. The third kappa shape index (κ3) is 3.05. The van der Waals surface area contributed by atoms with Crippen LogP contribution >= 0.6 is 0 Å². The lowest BCUT2D eigenvalue weighted by Crippen LogP contribution is -2.08. The van der Waals surface area contributed by atoms with Gasteiger partial charge in [0.15, 0.2) is 5.75 Å². The summed E-state index contributed by atoms with van der Waals surface area (Å²) >= 11 is 0. The molecule has 0 radical (unpaired) electrons. The molecule has 0 amide bonds. The van der Waals surface area contributed by atoms with Gasteiger partial charge in [0.2, 0.25) is 0 Å². The first-order valence-corrected chi connectivity index (χ1v) is 9.41. The molecule has 28 heavy (non-hydrogen) atoms. The maximum Gasteiger partial charge on any atom is 0.250 e. The molecule has 0 atom stereocenters. The maximum atomic E-state index is 5.91. The van der Waals surface area contributed by atoms with Crippen molar-refractivity contribution in [2.75, 3.05) is 0 Å². The Morgan fingerprint density at radius 2 is 1.50 bits per heavy atom. The number of nitrogens with zero attached hydrogens (tertiary/aromatic N) is 4. The Bertz CT molecular complexity index is 1070. The van der Waals surface area contributed by atoms with E-state index in [1.54, 1.807) is 29.5 Å². The normalized spacial score (nSPS) is 14.6. The van der Waals surface area contributed by atoms with E-state index in [1.807, 2.05) is 18.2 Å². The smallest absolute Gasteiger partial charge is 0.250 e. The van der Waals surface area contributed by atoms with Crippen molar-refractivity contribution in [1.29, 1.82) is 0 Å². The minimum Gasteiger partial charge on any atom is -0.454 e. The van der Waals surface area contributed by atoms with Crippen LogP contribution in [-0.4, -0.2) is 19.7 Å². The zero-order valence-corrected chi connectivity index (χ0v) is 15.6. The van der Waals surface area contributed by atoms with Crippen molar-refractivity contribution in [3.63, 3.8) is 0 Å². The average molecular weight is 368 g/mol. The van der Waals surface area contributed by atoms with E-state index in [2.05, 4.69) is 58.4 Å². The second kappa shape index (κ2) is 6.60. The molecule has 2 aromatic heterocycles. The summed E-state index contributed by atoms with van der Waals surface area (Å²) in [6.45, 7) is 2.13. The van der Waals surface area contributed by atoms with Crippen molar-refractivity contribution in [1.82, 2.24) is 19.7 Å². The van der Waals surface area contributed by atoms with Gasteiger partial charge in [-0.2, -0.15) is 5.10 Å². The lowest BCUT2D eigenvalue weighted by molar-refractivity contribution is 0.476. The van der Waals surface area contributed by atoms with Crippen LogP contribution in [0.15, 0.2) is 79.4 Å². The SMILES string of the molecule is Cc1ccc(C2(c3ccc(Oc4cnc(-n5cccn5)nc4)cc3)CC2)cc1. The van der Waals surface area contributed by atoms with Gasteiger partial charge in [0.1, 0.15) is 5.75 Å². The minimum atomic E-state index is 0.167. The largest absolute Gasteiger partial charge is 0.454 e. The van der Waals surface area contributed by atoms with E-state index in [9.17, 15) is 0 Å². The Morgan fingerprint density at radius 1 is 0.857 bits per heavy atom. The Labute approximate surface area is 163 Å². The zero-order valence-electron chi connectivity index (χ0n) is 15.6. The Hall–Kier alpha value is -3.47. The summed E-state index contributed by atoms with van der Waals surface area (Å²) in [6, 6.07) is 19.1. The highest BCUT2D eigenvalue weighted by atomic mass is 16.5. The van der Waals surface area contributed by atoms with Crippen LogP contribution in [0.25, 0.3) is 5.95 Å². The predicted molar refractivity (Wildman–Crippen MR) is 107 cm³/mol. The van der Waals surface area contributed by atoms with Crippen molar-refractivity contribution in [3.8, 4) is 17.4 Å². The fourth-order valence-corrected chi connectivity index (χ4v) is 3.59. The molecule has 5 nitrogen and oxygen atoms in total. The van der Waals surface area contributed by atoms with E-state index in [1.165, 1.54) is 29.5 Å². The van der Waals surface area contributed by atoms with Crippen molar-refractivity contribution in [3.05, 3.63) is 96.1 Å². The summed E-state index contributed by atoms with van der Waals surface area (Å²) in [4.78, 5) is 8.59. The fraction of sp³-hybridized carbons (Fsp3) is 0.174. The van der Waals surface area contributed by atoms with Crippen LogP contribution in [-0.2, 0) is 5.41 Å². The molecule has 0 saturated heterocycles. The lowest BCUT2D eigenvalue weighted by Gasteiger charge is -2.17. The van der Waals surface area contributed by atoms with Crippen molar-refractivity contribution in [2.24, 2.45) is 0 Å². The number of hydrogen-bond acceptors (Lipinski definition) is 4. The average Bonchev–Trinajstić information content (AvgIpc) is 3.35. The van der Waals surface area contributed by atoms with Gasteiger partial charge in [0.25, 0.3) is 5.95 Å². The van der Waals surface area contributed by atoms with Crippen molar-refractivity contribution in [2.45, 2.75) is 25.2 Å². The van der Waals surface area contributed by atoms with Gasteiger partial charge in [-0.05, 0) is 49.1 Å². The number of ether oxygens (including phenoxy) is 1. The van der Waals surface area contributed by atoms with Crippen LogP contribution in [0.5, 0.6) is 11.5 Å². The van der Waals surface area contributed by atoms with Crippen molar-refractivity contribution >= 4 is 0 Å². The monoisotopic (exact) mass is 368 g/mol. The fourth-order valence-electron chi connectivity index (χ4n) is 3.59. The van der Waals surface area contributed by atoms with Crippen LogP contribution in [0, 0.1) is 6.92 Å². The number of hydrogen-bond donors (Lipinski definition) is 0. The highest BCUT2D eigenvalue weighted by Crippen LogP contribution is 2.53. The van der Waals surface area contributed by atoms with E-state index < -0.39 is 0 Å².